The molecular formula is C20H27ClN2O5. The van der Waals surface area contributed by atoms with Crippen molar-refractivity contribution in [2.45, 2.75) is 32.8 Å². The molecule has 0 aliphatic carbocycles. The van der Waals surface area contributed by atoms with Gasteiger partial charge in [-0.3, -0.25) is 14.4 Å². The third-order valence-corrected chi connectivity index (χ3v) is 4.94. The van der Waals surface area contributed by atoms with Crippen LogP contribution in [-0.2, 0) is 19.1 Å². The number of amides is 2. The lowest BCUT2D eigenvalue weighted by Crippen LogP contribution is -2.48. The van der Waals surface area contributed by atoms with Crippen LogP contribution in [0.2, 0.25) is 5.02 Å². The van der Waals surface area contributed by atoms with Crippen LogP contribution in [0.15, 0.2) is 24.3 Å². The Labute approximate surface area is 170 Å². The number of carbonyl (C=O) groups is 3. The van der Waals surface area contributed by atoms with Crippen molar-refractivity contribution in [3.05, 3.63) is 29.3 Å². The fourth-order valence-electron chi connectivity index (χ4n) is 3.13. The average Bonchev–Trinajstić information content (AvgIpc) is 2.69. The summed E-state index contributed by atoms with van der Waals surface area (Å²) in [5.74, 6) is -0.688. The summed E-state index contributed by atoms with van der Waals surface area (Å²) < 4.78 is 10.7. The van der Waals surface area contributed by atoms with Crippen molar-refractivity contribution in [2.24, 2.45) is 5.92 Å². The molecule has 0 spiro atoms. The van der Waals surface area contributed by atoms with Crippen molar-refractivity contribution in [3.63, 3.8) is 0 Å². The minimum atomic E-state index is -0.786. The Hall–Kier alpha value is -2.28. The van der Waals surface area contributed by atoms with E-state index in [-0.39, 0.29) is 30.2 Å². The van der Waals surface area contributed by atoms with Gasteiger partial charge in [0.2, 0.25) is 5.91 Å². The van der Waals surface area contributed by atoms with E-state index in [0.717, 1.165) is 6.42 Å². The van der Waals surface area contributed by atoms with Crippen molar-refractivity contribution < 1.29 is 23.9 Å². The van der Waals surface area contributed by atoms with Gasteiger partial charge in [0.15, 0.2) is 6.10 Å². The van der Waals surface area contributed by atoms with Crippen LogP contribution >= 0.6 is 11.6 Å². The Kier molecular flexibility index (Phi) is 8.11. The highest BCUT2D eigenvalue weighted by atomic mass is 35.5. The number of likely N-dealkylation sites (tertiary alicyclic amines) is 1. The molecule has 2 amide bonds. The zero-order chi connectivity index (χ0) is 20.7. The van der Waals surface area contributed by atoms with E-state index in [1.54, 1.807) is 50.1 Å². The van der Waals surface area contributed by atoms with E-state index in [0.29, 0.717) is 36.9 Å². The monoisotopic (exact) mass is 410 g/mol. The van der Waals surface area contributed by atoms with Gasteiger partial charge < -0.3 is 19.3 Å². The zero-order valence-electron chi connectivity index (χ0n) is 16.5. The van der Waals surface area contributed by atoms with E-state index in [4.69, 9.17) is 21.1 Å². The summed E-state index contributed by atoms with van der Waals surface area (Å²) in [6.45, 7) is 4.52. The summed E-state index contributed by atoms with van der Waals surface area (Å²) in [5, 5.41) is 0.416. The number of piperidine rings is 1. The molecule has 2 rings (SSSR count). The van der Waals surface area contributed by atoms with Gasteiger partial charge in [-0.2, -0.15) is 0 Å². The van der Waals surface area contributed by atoms with E-state index in [9.17, 15) is 14.4 Å². The van der Waals surface area contributed by atoms with Crippen molar-refractivity contribution in [3.8, 4) is 5.75 Å². The summed E-state index contributed by atoms with van der Waals surface area (Å²) >= 11 is 6.05. The number of rotatable bonds is 7. The first kappa shape index (κ1) is 22.0. The molecule has 1 aromatic rings. The van der Waals surface area contributed by atoms with Crippen LogP contribution in [0.4, 0.5) is 0 Å². The van der Waals surface area contributed by atoms with Crippen LogP contribution in [0.1, 0.15) is 26.7 Å². The minimum Gasteiger partial charge on any atom is -0.479 e. The summed E-state index contributed by atoms with van der Waals surface area (Å²) in [6, 6.07) is 6.90. The molecule has 0 N–H and O–H groups in total. The van der Waals surface area contributed by atoms with E-state index >= 15 is 0 Å². The molecule has 28 heavy (non-hydrogen) atoms. The molecule has 2 atom stereocenters. The molecule has 1 aliphatic rings. The van der Waals surface area contributed by atoms with Gasteiger partial charge in [-0.15, -0.1) is 0 Å². The fourth-order valence-corrected chi connectivity index (χ4v) is 3.31. The molecule has 7 nitrogen and oxygen atoms in total. The highest BCUT2D eigenvalue weighted by Gasteiger charge is 2.30. The smallest absolute Gasteiger partial charge is 0.310 e. The Morgan fingerprint density at radius 3 is 2.71 bits per heavy atom. The lowest BCUT2D eigenvalue weighted by Gasteiger charge is -2.33. The molecule has 1 aromatic carbocycles. The number of nitrogens with zero attached hydrogens (tertiary/aromatic N) is 2. The third-order valence-electron chi connectivity index (χ3n) is 4.63. The molecule has 1 fully saturated rings. The van der Waals surface area contributed by atoms with Crippen molar-refractivity contribution in [1.82, 2.24) is 9.80 Å². The number of ether oxygens (including phenoxy) is 2. The molecule has 0 aromatic heterocycles. The third kappa shape index (κ3) is 5.86. The second kappa shape index (κ2) is 10.3. The molecule has 0 saturated carbocycles. The number of halogens is 1. The number of esters is 1. The number of hydrogen-bond acceptors (Lipinski definition) is 5. The number of benzene rings is 1. The quantitative estimate of drug-likeness (QED) is 0.645. The molecule has 1 saturated heterocycles. The first-order chi connectivity index (χ1) is 13.3. The van der Waals surface area contributed by atoms with Crippen LogP contribution in [0.5, 0.6) is 5.75 Å². The number of para-hydroxylation sites is 1. The maximum atomic E-state index is 12.6. The van der Waals surface area contributed by atoms with E-state index in [2.05, 4.69) is 0 Å². The number of carbonyl (C=O) groups excluding carboxylic acids is 3. The normalized spacial score (nSPS) is 17.6. The minimum absolute atomic E-state index is 0.0788. The van der Waals surface area contributed by atoms with E-state index in [1.807, 2.05) is 0 Å². The first-order valence-corrected chi connectivity index (χ1v) is 9.81. The van der Waals surface area contributed by atoms with Gasteiger partial charge in [-0.25, -0.2) is 0 Å². The van der Waals surface area contributed by atoms with E-state index < -0.39 is 6.10 Å². The average molecular weight is 411 g/mol. The Balaban J connectivity index is 1.89. The van der Waals surface area contributed by atoms with Crippen LogP contribution in [0.25, 0.3) is 0 Å². The molecule has 2 unspecified atom stereocenters. The van der Waals surface area contributed by atoms with Crippen LogP contribution in [0, 0.1) is 5.92 Å². The molecule has 8 heteroatoms. The largest absolute Gasteiger partial charge is 0.479 e. The summed E-state index contributed by atoms with van der Waals surface area (Å²) in [4.78, 5) is 40.0. The topological polar surface area (TPSA) is 76.2 Å². The Morgan fingerprint density at radius 2 is 2.04 bits per heavy atom. The highest BCUT2D eigenvalue weighted by Crippen LogP contribution is 2.24. The van der Waals surface area contributed by atoms with Gasteiger partial charge in [-0.05, 0) is 38.8 Å². The summed E-state index contributed by atoms with van der Waals surface area (Å²) in [6.07, 6.45) is 0.658. The fraction of sp³-hybridized carbons (Fsp3) is 0.550. The molecular weight excluding hydrogens is 384 g/mol. The van der Waals surface area contributed by atoms with Gasteiger partial charge in [0, 0.05) is 20.1 Å². The highest BCUT2D eigenvalue weighted by molar-refractivity contribution is 6.32. The van der Waals surface area contributed by atoms with Crippen molar-refractivity contribution in [1.29, 1.82) is 0 Å². The summed E-state index contributed by atoms with van der Waals surface area (Å²) in [5.41, 5.74) is 0. The first-order valence-electron chi connectivity index (χ1n) is 9.44. The van der Waals surface area contributed by atoms with Crippen molar-refractivity contribution in [2.75, 3.05) is 33.3 Å². The molecule has 0 radical (unpaired) electrons. The molecule has 1 aliphatic heterocycles. The standard InChI is InChI=1S/C20H27ClN2O5/c1-4-27-20(26)15-8-7-11-23(12-15)18(24)13-22(3)19(25)14(2)28-17-10-6-5-9-16(17)21/h5-6,9-10,14-15H,4,7-8,11-13H2,1-3H3. The van der Waals surface area contributed by atoms with Crippen LogP contribution in [-0.4, -0.2) is 67.0 Å². The molecule has 0 bridgehead atoms. The zero-order valence-corrected chi connectivity index (χ0v) is 17.3. The molecule has 154 valence electrons. The maximum Gasteiger partial charge on any atom is 0.310 e. The second-order valence-corrected chi connectivity index (χ2v) is 7.22. The Morgan fingerprint density at radius 1 is 1.32 bits per heavy atom. The maximum absolute atomic E-state index is 12.6. The predicted molar refractivity (Wildman–Crippen MR) is 105 cm³/mol. The number of hydrogen-bond donors (Lipinski definition) is 0. The van der Waals surface area contributed by atoms with Gasteiger partial charge in [0.05, 0.1) is 24.1 Å². The number of likely N-dealkylation sites (N-methyl/N-ethyl adjacent to an activating group) is 1. The SMILES string of the molecule is CCOC(=O)C1CCCN(C(=O)CN(C)C(=O)C(C)Oc2ccccc2Cl)C1. The van der Waals surface area contributed by atoms with Crippen LogP contribution < -0.4 is 4.74 Å². The second-order valence-electron chi connectivity index (χ2n) is 6.82. The van der Waals surface area contributed by atoms with Gasteiger partial charge in [0.1, 0.15) is 5.75 Å². The lowest BCUT2D eigenvalue weighted by atomic mass is 9.98. The van der Waals surface area contributed by atoms with Gasteiger partial charge in [-0.1, -0.05) is 23.7 Å². The lowest BCUT2D eigenvalue weighted by molar-refractivity contribution is -0.152. The van der Waals surface area contributed by atoms with Crippen molar-refractivity contribution >= 4 is 29.4 Å². The summed E-state index contributed by atoms with van der Waals surface area (Å²) in [7, 11) is 1.56. The van der Waals surface area contributed by atoms with E-state index in [1.165, 1.54) is 4.90 Å². The van der Waals surface area contributed by atoms with Gasteiger partial charge in [0.25, 0.3) is 5.91 Å². The predicted octanol–water partition coefficient (Wildman–Crippen LogP) is 2.37. The van der Waals surface area contributed by atoms with Crippen LogP contribution in [0.3, 0.4) is 0 Å². The molecule has 1 heterocycles. The van der Waals surface area contributed by atoms with Gasteiger partial charge >= 0.3 is 5.97 Å². The Bertz CT molecular complexity index is 712.